The van der Waals surface area contributed by atoms with E-state index in [1.165, 1.54) is 42.5 Å². The first-order valence-corrected chi connectivity index (χ1v) is 10.7. The van der Waals surface area contributed by atoms with Crippen molar-refractivity contribution in [2.75, 3.05) is 17.9 Å². The van der Waals surface area contributed by atoms with Crippen molar-refractivity contribution in [3.8, 4) is 5.75 Å². The van der Waals surface area contributed by atoms with Crippen LogP contribution in [0.25, 0.3) is 0 Å². The van der Waals surface area contributed by atoms with Gasteiger partial charge in [-0.2, -0.15) is 0 Å². The summed E-state index contributed by atoms with van der Waals surface area (Å²) in [5, 5.41) is 2.71. The molecule has 0 bridgehead atoms. The maximum atomic E-state index is 13.7. The Balaban J connectivity index is 1.54. The van der Waals surface area contributed by atoms with E-state index in [0.29, 0.717) is 24.5 Å². The molecule has 2 N–H and O–H groups in total. The summed E-state index contributed by atoms with van der Waals surface area (Å²) in [5.41, 5.74) is 1.29. The lowest BCUT2D eigenvalue weighted by Crippen LogP contribution is -2.28. The largest absolute Gasteiger partial charge is 0.492 e. The first-order chi connectivity index (χ1) is 14.3. The normalized spacial score (nSPS) is 11.0. The van der Waals surface area contributed by atoms with Crippen LogP contribution in [0, 0.1) is 12.7 Å². The second-order valence-electron chi connectivity index (χ2n) is 6.53. The van der Waals surface area contributed by atoms with E-state index in [0.717, 1.165) is 11.6 Å². The van der Waals surface area contributed by atoms with Gasteiger partial charge in [0, 0.05) is 5.56 Å². The van der Waals surface area contributed by atoms with Crippen LogP contribution in [-0.2, 0) is 10.0 Å². The van der Waals surface area contributed by atoms with Crippen LogP contribution in [-0.4, -0.2) is 27.5 Å². The van der Waals surface area contributed by atoms with Gasteiger partial charge in [-0.05, 0) is 55.5 Å². The molecule has 3 aromatic carbocycles. The Morgan fingerprint density at radius 2 is 1.63 bits per heavy atom. The third-order valence-corrected chi connectivity index (χ3v) is 5.60. The number of para-hydroxylation sites is 1. The number of rotatable bonds is 8. The summed E-state index contributed by atoms with van der Waals surface area (Å²) < 4.78 is 46.2. The molecule has 0 saturated carbocycles. The van der Waals surface area contributed by atoms with Crippen LogP contribution in [0.3, 0.4) is 0 Å². The fourth-order valence-corrected chi connectivity index (χ4v) is 3.67. The molecule has 1 amide bonds. The molecule has 0 saturated heterocycles. The molecule has 0 atom stereocenters. The lowest BCUT2D eigenvalue weighted by atomic mass is 10.2. The molecule has 0 fully saturated rings. The highest BCUT2D eigenvalue weighted by Gasteiger charge is 2.17. The fraction of sp³-hybridized carbons (Fsp3) is 0.136. The van der Waals surface area contributed by atoms with Crippen molar-refractivity contribution >= 4 is 21.6 Å². The Morgan fingerprint density at radius 1 is 0.967 bits per heavy atom. The third kappa shape index (κ3) is 5.57. The summed E-state index contributed by atoms with van der Waals surface area (Å²) in [4.78, 5) is 12.1. The molecule has 156 valence electrons. The molecule has 0 spiro atoms. The molecule has 3 aromatic rings. The second kappa shape index (κ2) is 9.41. The van der Waals surface area contributed by atoms with Gasteiger partial charge in [0.15, 0.2) is 0 Å². The Morgan fingerprint density at radius 3 is 2.30 bits per heavy atom. The second-order valence-corrected chi connectivity index (χ2v) is 8.21. The summed E-state index contributed by atoms with van der Waals surface area (Å²) in [7, 11) is -3.97. The Labute approximate surface area is 174 Å². The summed E-state index contributed by atoms with van der Waals surface area (Å²) in [5.74, 6) is -0.315. The van der Waals surface area contributed by atoms with Crippen LogP contribution in [0.2, 0.25) is 0 Å². The smallest absolute Gasteiger partial charge is 0.261 e. The van der Waals surface area contributed by atoms with Gasteiger partial charge in [0.1, 0.15) is 18.2 Å². The van der Waals surface area contributed by atoms with E-state index in [1.54, 1.807) is 0 Å². The monoisotopic (exact) mass is 428 g/mol. The van der Waals surface area contributed by atoms with Gasteiger partial charge in [0.25, 0.3) is 15.9 Å². The number of carbonyl (C=O) groups excluding carboxylic acids is 1. The van der Waals surface area contributed by atoms with E-state index in [-0.39, 0.29) is 16.5 Å². The van der Waals surface area contributed by atoms with Crippen molar-refractivity contribution in [2.24, 2.45) is 0 Å². The lowest BCUT2D eigenvalue weighted by Gasteiger charge is -2.10. The lowest BCUT2D eigenvalue weighted by molar-refractivity contribution is 0.0947. The molecular weight excluding hydrogens is 407 g/mol. The van der Waals surface area contributed by atoms with Crippen LogP contribution in [0.4, 0.5) is 10.1 Å². The Hall–Kier alpha value is -3.39. The number of amides is 1. The topological polar surface area (TPSA) is 84.5 Å². The van der Waals surface area contributed by atoms with Gasteiger partial charge in [0.2, 0.25) is 0 Å². The predicted molar refractivity (Wildman–Crippen MR) is 113 cm³/mol. The molecule has 0 radical (unpaired) electrons. The molecule has 6 nitrogen and oxygen atoms in total. The summed E-state index contributed by atoms with van der Waals surface area (Å²) >= 11 is 0. The van der Waals surface area contributed by atoms with Crippen LogP contribution in [0.1, 0.15) is 15.9 Å². The van der Waals surface area contributed by atoms with Gasteiger partial charge in [-0.15, -0.1) is 0 Å². The maximum absolute atomic E-state index is 13.7. The summed E-state index contributed by atoms with van der Waals surface area (Å²) in [6.07, 6.45) is 0. The number of nitrogens with one attached hydrogen (secondary N) is 2. The number of anilines is 1. The van der Waals surface area contributed by atoms with Crippen LogP contribution in [0.5, 0.6) is 5.75 Å². The van der Waals surface area contributed by atoms with E-state index >= 15 is 0 Å². The van der Waals surface area contributed by atoms with Gasteiger partial charge in [-0.25, -0.2) is 12.8 Å². The van der Waals surface area contributed by atoms with Gasteiger partial charge >= 0.3 is 0 Å². The van der Waals surface area contributed by atoms with Gasteiger partial charge < -0.3 is 10.1 Å². The molecule has 3 rings (SSSR count). The minimum Gasteiger partial charge on any atom is -0.492 e. The van der Waals surface area contributed by atoms with Crippen molar-refractivity contribution in [3.63, 3.8) is 0 Å². The zero-order chi connectivity index (χ0) is 21.6. The number of hydrogen-bond donors (Lipinski definition) is 2. The molecular formula is C22H21FN2O4S. The van der Waals surface area contributed by atoms with Gasteiger partial charge in [-0.3, -0.25) is 9.52 Å². The van der Waals surface area contributed by atoms with Crippen molar-refractivity contribution in [1.82, 2.24) is 5.32 Å². The van der Waals surface area contributed by atoms with Crippen molar-refractivity contribution in [3.05, 3.63) is 89.7 Å². The van der Waals surface area contributed by atoms with E-state index in [1.807, 2.05) is 31.2 Å². The Kier molecular flexibility index (Phi) is 6.68. The van der Waals surface area contributed by atoms with E-state index < -0.39 is 15.8 Å². The minimum absolute atomic E-state index is 0.0787. The summed E-state index contributed by atoms with van der Waals surface area (Å²) in [6, 6.07) is 18.4. The predicted octanol–water partition coefficient (Wildman–Crippen LogP) is 3.74. The van der Waals surface area contributed by atoms with E-state index in [4.69, 9.17) is 4.74 Å². The zero-order valence-corrected chi connectivity index (χ0v) is 17.1. The fourth-order valence-electron chi connectivity index (χ4n) is 2.60. The van der Waals surface area contributed by atoms with Crippen LogP contribution in [0.15, 0.2) is 77.7 Å². The van der Waals surface area contributed by atoms with Crippen LogP contribution < -0.4 is 14.8 Å². The van der Waals surface area contributed by atoms with Crippen molar-refractivity contribution in [2.45, 2.75) is 11.8 Å². The maximum Gasteiger partial charge on any atom is 0.261 e. The number of sulfonamides is 1. The van der Waals surface area contributed by atoms with Crippen molar-refractivity contribution < 1.29 is 22.3 Å². The van der Waals surface area contributed by atoms with Gasteiger partial charge in [-0.1, -0.05) is 29.8 Å². The quantitative estimate of drug-likeness (QED) is 0.536. The first kappa shape index (κ1) is 21.3. The Bertz CT molecular complexity index is 1110. The first-order valence-electron chi connectivity index (χ1n) is 9.20. The third-order valence-electron chi connectivity index (χ3n) is 4.22. The average molecular weight is 428 g/mol. The number of aryl methyl sites for hydroxylation is 1. The molecule has 30 heavy (non-hydrogen) atoms. The highest BCUT2D eigenvalue weighted by molar-refractivity contribution is 7.92. The minimum atomic E-state index is -3.97. The van der Waals surface area contributed by atoms with E-state index in [2.05, 4.69) is 10.0 Å². The molecule has 0 aliphatic rings. The van der Waals surface area contributed by atoms with Gasteiger partial charge in [0.05, 0.1) is 17.1 Å². The zero-order valence-electron chi connectivity index (χ0n) is 16.3. The molecule has 0 heterocycles. The van der Waals surface area contributed by atoms with E-state index in [9.17, 15) is 17.6 Å². The number of benzene rings is 3. The highest BCUT2D eigenvalue weighted by Crippen LogP contribution is 2.19. The number of hydrogen-bond acceptors (Lipinski definition) is 4. The summed E-state index contributed by atoms with van der Waals surface area (Å²) in [6.45, 7) is 2.58. The van der Waals surface area contributed by atoms with Crippen molar-refractivity contribution in [1.29, 1.82) is 0 Å². The molecule has 0 aromatic heterocycles. The molecule has 0 unspecified atom stereocenters. The average Bonchev–Trinajstić information content (AvgIpc) is 2.74. The highest BCUT2D eigenvalue weighted by atomic mass is 32.2. The molecule has 0 aliphatic carbocycles. The SMILES string of the molecule is Cc1ccc(OCCNC(=O)c2ccc(S(=O)(=O)Nc3ccccc3F)cc2)cc1. The number of carbonyl (C=O) groups is 1. The van der Waals surface area contributed by atoms with Crippen LogP contribution >= 0.6 is 0 Å². The molecule has 8 heteroatoms. The number of halogens is 1. The number of ether oxygens (including phenoxy) is 1. The molecule has 0 aliphatic heterocycles. The standard InChI is InChI=1S/C22H21FN2O4S/c1-16-6-10-18(11-7-16)29-15-14-24-22(26)17-8-12-19(13-9-17)30(27,28)25-21-5-3-2-4-20(21)23/h2-13,25H,14-15H2,1H3,(H,24,26).